The third-order valence-corrected chi connectivity index (χ3v) is 2.81. The lowest BCUT2D eigenvalue weighted by Crippen LogP contribution is -2.48. The normalized spacial score (nSPS) is 18.9. The molecule has 0 rings (SSSR count). The highest BCUT2D eigenvalue weighted by atomic mass is 32.2. The summed E-state index contributed by atoms with van der Waals surface area (Å²) in [4.78, 5) is 0. The first kappa shape index (κ1) is 17.4. The maximum Gasteiger partial charge on any atom is 0.267 e. The lowest BCUT2D eigenvalue weighted by atomic mass is 10.0. The fourth-order valence-corrected chi connectivity index (χ4v) is 1.77. The van der Waals surface area contributed by atoms with Crippen LogP contribution in [0.5, 0.6) is 0 Å². The highest BCUT2D eigenvalue weighted by Crippen LogP contribution is 2.07. The highest BCUT2D eigenvalue weighted by molar-refractivity contribution is 7.85. The van der Waals surface area contributed by atoms with Gasteiger partial charge >= 0.3 is 0 Å². The smallest absolute Gasteiger partial charge is 0.267 e. The van der Waals surface area contributed by atoms with Gasteiger partial charge in [-0.25, -0.2) is 0 Å². The van der Waals surface area contributed by atoms with Crippen LogP contribution in [-0.4, -0.2) is 76.8 Å². The Kier molecular flexibility index (Phi) is 7.55. The van der Waals surface area contributed by atoms with Crippen LogP contribution in [0.2, 0.25) is 0 Å². The van der Waals surface area contributed by atoms with E-state index in [1.54, 1.807) is 0 Å². The van der Waals surface area contributed by atoms with Gasteiger partial charge in [0.1, 0.15) is 24.1 Å². The van der Waals surface area contributed by atoms with Crippen LogP contribution in [0.25, 0.3) is 0 Å². The molecule has 0 aliphatic heterocycles. The van der Waals surface area contributed by atoms with Crippen molar-refractivity contribution in [2.45, 2.75) is 24.4 Å². The van der Waals surface area contributed by atoms with Crippen LogP contribution in [0, 0.1) is 0 Å². The van der Waals surface area contributed by atoms with Crippen LogP contribution >= 0.6 is 0 Å². The molecule has 0 saturated heterocycles. The Balaban J connectivity index is 4.30. The zero-order chi connectivity index (χ0) is 14.3. The van der Waals surface area contributed by atoms with Crippen molar-refractivity contribution in [2.24, 2.45) is 0 Å². The van der Waals surface area contributed by atoms with Crippen LogP contribution in [0.1, 0.15) is 0 Å². The molecule has 0 fully saturated rings. The van der Waals surface area contributed by atoms with Gasteiger partial charge in [-0.05, 0) is 0 Å². The van der Waals surface area contributed by atoms with E-state index < -0.39 is 40.3 Å². The van der Waals surface area contributed by atoms with E-state index in [9.17, 15) is 28.8 Å². The Bertz CT molecular complexity index is 340. The SMILES string of the molecule is C=CCOCC(O)C(O)C(O)C(O)CS(=O)(=O)O. The van der Waals surface area contributed by atoms with Crippen LogP contribution in [0.3, 0.4) is 0 Å². The average Bonchev–Trinajstić information content (AvgIpc) is 2.24. The van der Waals surface area contributed by atoms with Crippen molar-refractivity contribution in [3.05, 3.63) is 12.7 Å². The van der Waals surface area contributed by atoms with Crippen molar-refractivity contribution in [3.8, 4) is 0 Å². The minimum absolute atomic E-state index is 0.119. The van der Waals surface area contributed by atoms with E-state index in [0.717, 1.165) is 0 Å². The summed E-state index contributed by atoms with van der Waals surface area (Å²) in [7, 11) is -4.50. The van der Waals surface area contributed by atoms with Gasteiger partial charge in [0.15, 0.2) is 0 Å². The van der Waals surface area contributed by atoms with E-state index in [-0.39, 0.29) is 13.2 Å². The predicted molar refractivity (Wildman–Crippen MR) is 61.5 cm³/mol. The number of aliphatic hydroxyl groups excluding tert-OH is 4. The van der Waals surface area contributed by atoms with Crippen molar-refractivity contribution in [1.29, 1.82) is 0 Å². The number of rotatable bonds is 9. The molecule has 8 nitrogen and oxygen atoms in total. The molecule has 5 N–H and O–H groups in total. The first-order valence-corrected chi connectivity index (χ1v) is 6.66. The molecule has 108 valence electrons. The van der Waals surface area contributed by atoms with E-state index in [1.807, 2.05) is 0 Å². The predicted octanol–water partition coefficient (Wildman–Crippen LogP) is -2.48. The van der Waals surface area contributed by atoms with Crippen molar-refractivity contribution in [1.82, 2.24) is 0 Å². The summed E-state index contributed by atoms with van der Waals surface area (Å²) in [5.41, 5.74) is 0. The molecule has 0 aromatic heterocycles. The van der Waals surface area contributed by atoms with Crippen molar-refractivity contribution in [2.75, 3.05) is 19.0 Å². The molecule has 18 heavy (non-hydrogen) atoms. The lowest BCUT2D eigenvalue weighted by molar-refractivity contribution is -0.115. The minimum atomic E-state index is -4.50. The number of hydrogen-bond acceptors (Lipinski definition) is 7. The maximum atomic E-state index is 10.5. The average molecular weight is 286 g/mol. The molecule has 9 heteroatoms. The summed E-state index contributed by atoms with van der Waals surface area (Å²) in [6.45, 7) is 3.14. The topological polar surface area (TPSA) is 145 Å². The lowest BCUT2D eigenvalue weighted by Gasteiger charge is -2.25. The third kappa shape index (κ3) is 7.01. The number of aliphatic hydroxyl groups is 4. The standard InChI is InChI=1S/C9H18O8S/c1-2-3-17-4-6(10)8(12)9(13)7(11)5-18(14,15)16/h2,6-13H,1,3-5H2,(H,14,15,16). The summed E-state index contributed by atoms with van der Waals surface area (Å²) in [5, 5.41) is 37.4. The molecule has 0 bridgehead atoms. The van der Waals surface area contributed by atoms with Crippen LogP contribution < -0.4 is 0 Å². The molecule has 0 saturated carbocycles. The minimum Gasteiger partial charge on any atom is -0.389 e. The number of ether oxygens (including phenoxy) is 1. The fourth-order valence-electron chi connectivity index (χ4n) is 1.14. The van der Waals surface area contributed by atoms with Gasteiger partial charge in [0.05, 0.1) is 19.3 Å². The monoisotopic (exact) mass is 286 g/mol. The summed E-state index contributed by atoms with van der Waals surface area (Å²) < 4.78 is 34.2. The molecule has 4 atom stereocenters. The van der Waals surface area contributed by atoms with Crippen LogP contribution in [-0.2, 0) is 14.9 Å². The Morgan fingerprint density at radius 2 is 1.61 bits per heavy atom. The van der Waals surface area contributed by atoms with Gasteiger partial charge in [-0.3, -0.25) is 4.55 Å². The van der Waals surface area contributed by atoms with Crippen LogP contribution in [0.4, 0.5) is 0 Å². The molecule has 4 unspecified atom stereocenters. The van der Waals surface area contributed by atoms with Gasteiger partial charge in [0, 0.05) is 0 Å². The maximum absolute atomic E-state index is 10.5. The van der Waals surface area contributed by atoms with Crippen molar-refractivity contribution < 1.29 is 38.1 Å². The van der Waals surface area contributed by atoms with E-state index in [4.69, 9.17) is 9.29 Å². The number of hydrogen-bond donors (Lipinski definition) is 5. The van der Waals surface area contributed by atoms with Crippen molar-refractivity contribution in [3.63, 3.8) is 0 Å². The highest BCUT2D eigenvalue weighted by Gasteiger charge is 2.32. The Morgan fingerprint density at radius 3 is 2.06 bits per heavy atom. The third-order valence-electron chi connectivity index (χ3n) is 2.04. The van der Waals surface area contributed by atoms with Gasteiger partial charge < -0.3 is 25.2 Å². The van der Waals surface area contributed by atoms with Gasteiger partial charge in [-0.1, -0.05) is 6.08 Å². The Labute approximate surface area is 105 Å². The summed E-state index contributed by atoms with van der Waals surface area (Å²) >= 11 is 0. The molecule has 0 radical (unpaired) electrons. The largest absolute Gasteiger partial charge is 0.389 e. The quantitative estimate of drug-likeness (QED) is 0.178. The van der Waals surface area contributed by atoms with Gasteiger partial charge in [0.2, 0.25) is 0 Å². The first-order chi connectivity index (χ1) is 8.19. The second-order valence-corrected chi connectivity index (χ2v) is 5.19. The van der Waals surface area contributed by atoms with E-state index in [2.05, 4.69) is 6.58 Å². The summed E-state index contributed by atoms with van der Waals surface area (Å²) in [5.74, 6) is -1.15. The molecule has 0 heterocycles. The fraction of sp³-hybridized carbons (Fsp3) is 0.778. The molecule has 0 amide bonds. The second-order valence-electron chi connectivity index (χ2n) is 3.69. The van der Waals surface area contributed by atoms with Crippen LogP contribution in [0.15, 0.2) is 12.7 Å². The molecule has 0 aromatic carbocycles. The van der Waals surface area contributed by atoms with Gasteiger partial charge in [-0.15, -0.1) is 6.58 Å². The molecule has 0 aliphatic carbocycles. The Morgan fingerprint density at radius 1 is 1.11 bits per heavy atom. The molecule has 0 aliphatic rings. The van der Waals surface area contributed by atoms with Gasteiger partial charge in [0.25, 0.3) is 10.1 Å². The molecule has 0 spiro atoms. The zero-order valence-corrected chi connectivity index (χ0v) is 10.4. The summed E-state index contributed by atoms with van der Waals surface area (Å²) in [6.07, 6.45) is -5.79. The molecular formula is C9H18O8S. The van der Waals surface area contributed by atoms with Gasteiger partial charge in [-0.2, -0.15) is 8.42 Å². The second kappa shape index (κ2) is 7.79. The summed E-state index contributed by atoms with van der Waals surface area (Å²) in [6, 6.07) is 0. The van der Waals surface area contributed by atoms with E-state index >= 15 is 0 Å². The van der Waals surface area contributed by atoms with E-state index in [0.29, 0.717) is 0 Å². The first-order valence-electron chi connectivity index (χ1n) is 5.05. The Hall–Kier alpha value is -0.550. The zero-order valence-electron chi connectivity index (χ0n) is 9.58. The molecular weight excluding hydrogens is 268 g/mol. The van der Waals surface area contributed by atoms with E-state index in [1.165, 1.54) is 6.08 Å². The molecule has 0 aromatic rings. The van der Waals surface area contributed by atoms with Crippen molar-refractivity contribution >= 4 is 10.1 Å².